The Labute approximate surface area is 124 Å². The zero-order valence-corrected chi connectivity index (χ0v) is 11.9. The Morgan fingerprint density at radius 1 is 0.947 bits per heavy atom. The van der Waals surface area contributed by atoms with Gasteiger partial charge in [-0.3, -0.25) is 0 Å². The molecule has 19 heavy (non-hydrogen) atoms. The van der Waals surface area contributed by atoms with Gasteiger partial charge in [0, 0.05) is 18.7 Å². The van der Waals surface area contributed by atoms with E-state index in [0.29, 0.717) is 27.1 Å². The third-order valence-electron chi connectivity index (χ3n) is 2.37. The van der Waals surface area contributed by atoms with Crippen molar-refractivity contribution in [2.45, 2.75) is 6.54 Å². The van der Waals surface area contributed by atoms with Crippen LogP contribution in [0.4, 0.5) is 4.39 Å². The lowest BCUT2D eigenvalue weighted by atomic mass is 10.2. The highest BCUT2D eigenvalue weighted by atomic mass is 35.5. The van der Waals surface area contributed by atoms with Crippen molar-refractivity contribution >= 4 is 34.8 Å². The number of halogens is 4. The Kier molecular flexibility index (Phi) is 4.53. The van der Waals surface area contributed by atoms with Gasteiger partial charge in [0.25, 0.3) is 0 Å². The second-order valence-electron chi connectivity index (χ2n) is 3.80. The van der Waals surface area contributed by atoms with Crippen LogP contribution in [0.1, 0.15) is 5.56 Å². The second kappa shape index (κ2) is 5.97. The van der Waals surface area contributed by atoms with Crippen LogP contribution < -0.4 is 10.5 Å². The van der Waals surface area contributed by atoms with Crippen LogP contribution in [0.5, 0.6) is 11.5 Å². The summed E-state index contributed by atoms with van der Waals surface area (Å²) >= 11 is 17.7. The molecule has 0 amide bonds. The lowest BCUT2D eigenvalue weighted by Gasteiger charge is -2.10. The molecule has 0 aliphatic heterocycles. The van der Waals surface area contributed by atoms with Gasteiger partial charge in [0.1, 0.15) is 17.3 Å². The number of nitrogens with two attached hydrogens (primary N) is 1. The fourth-order valence-corrected chi connectivity index (χ4v) is 2.08. The highest BCUT2D eigenvalue weighted by Crippen LogP contribution is 2.36. The van der Waals surface area contributed by atoms with Crippen LogP contribution >= 0.6 is 34.8 Å². The fraction of sp³-hybridized carbons (Fsp3) is 0.0769. The van der Waals surface area contributed by atoms with Gasteiger partial charge in [-0.25, -0.2) is 4.39 Å². The van der Waals surface area contributed by atoms with Crippen LogP contribution in [0.3, 0.4) is 0 Å². The molecule has 0 aliphatic carbocycles. The molecule has 2 aromatic rings. The van der Waals surface area contributed by atoms with Crippen molar-refractivity contribution in [2.24, 2.45) is 5.73 Å². The Morgan fingerprint density at radius 3 is 2.32 bits per heavy atom. The first-order chi connectivity index (χ1) is 8.99. The molecule has 2 rings (SSSR count). The largest absolute Gasteiger partial charge is 0.456 e. The van der Waals surface area contributed by atoms with Crippen molar-refractivity contribution < 1.29 is 9.13 Å². The highest BCUT2D eigenvalue weighted by molar-refractivity contribution is 6.43. The van der Waals surface area contributed by atoms with E-state index in [1.807, 2.05) is 0 Å². The molecule has 0 saturated carbocycles. The standard InChI is InChI=1S/C13H9Cl3FNO/c14-10-4-12(16)13(5-11(10)15)19-9-2-7(6-18)1-8(17)3-9/h1-5H,6,18H2. The van der Waals surface area contributed by atoms with Crippen molar-refractivity contribution in [3.63, 3.8) is 0 Å². The maximum Gasteiger partial charge on any atom is 0.147 e. The van der Waals surface area contributed by atoms with E-state index >= 15 is 0 Å². The Hall–Kier alpha value is -1.000. The van der Waals surface area contributed by atoms with E-state index in [9.17, 15) is 4.39 Å². The predicted molar refractivity (Wildman–Crippen MR) is 75.8 cm³/mol. The minimum absolute atomic E-state index is 0.212. The molecule has 0 bridgehead atoms. The van der Waals surface area contributed by atoms with Crippen LogP contribution in [0.15, 0.2) is 30.3 Å². The first-order valence-corrected chi connectivity index (χ1v) is 6.45. The van der Waals surface area contributed by atoms with Crippen LogP contribution in [-0.2, 0) is 6.54 Å². The topological polar surface area (TPSA) is 35.2 Å². The van der Waals surface area contributed by atoms with Gasteiger partial charge in [-0.15, -0.1) is 0 Å². The van der Waals surface area contributed by atoms with E-state index in [4.69, 9.17) is 45.3 Å². The molecule has 2 aromatic carbocycles. The van der Waals surface area contributed by atoms with E-state index in [2.05, 4.69) is 0 Å². The third-order valence-corrected chi connectivity index (χ3v) is 3.39. The summed E-state index contributed by atoms with van der Waals surface area (Å²) in [5.74, 6) is 0.152. The summed E-state index contributed by atoms with van der Waals surface area (Å²) < 4.78 is 18.8. The number of benzene rings is 2. The maximum absolute atomic E-state index is 13.3. The van der Waals surface area contributed by atoms with Gasteiger partial charge >= 0.3 is 0 Å². The molecule has 0 atom stereocenters. The Morgan fingerprint density at radius 2 is 1.63 bits per heavy atom. The molecule has 2 N–H and O–H groups in total. The van der Waals surface area contributed by atoms with Gasteiger partial charge in [-0.2, -0.15) is 0 Å². The number of hydrogen-bond acceptors (Lipinski definition) is 2. The SMILES string of the molecule is NCc1cc(F)cc(Oc2cc(Cl)c(Cl)cc2Cl)c1. The average molecular weight is 321 g/mol. The third kappa shape index (κ3) is 3.51. The van der Waals surface area contributed by atoms with E-state index in [-0.39, 0.29) is 11.6 Å². The van der Waals surface area contributed by atoms with E-state index in [1.165, 1.54) is 24.3 Å². The molecule has 100 valence electrons. The number of hydrogen-bond donors (Lipinski definition) is 1. The van der Waals surface area contributed by atoms with E-state index in [1.54, 1.807) is 6.07 Å². The van der Waals surface area contributed by atoms with Crippen LogP contribution in [0, 0.1) is 5.82 Å². The Bertz CT molecular complexity index is 619. The monoisotopic (exact) mass is 319 g/mol. The fourth-order valence-electron chi connectivity index (χ4n) is 1.51. The van der Waals surface area contributed by atoms with Gasteiger partial charge in [0.15, 0.2) is 0 Å². The maximum atomic E-state index is 13.3. The summed E-state index contributed by atoms with van der Waals surface area (Å²) in [4.78, 5) is 0. The summed E-state index contributed by atoms with van der Waals surface area (Å²) in [5.41, 5.74) is 6.08. The number of ether oxygens (including phenoxy) is 1. The highest BCUT2D eigenvalue weighted by Gasteiger charge is 2.09. The first-order valence-electron chi connectivity index (χ1n) is 5.31. The molecule has 6 heteroatoms. The first kappa shape index (κ1) is 14.4. The zero-order valence-electron chi connectivity index (χ0n) is 9.59. The number of rotatable bonds is 3. The summed E-state index contributed by atoms with van der Waals surface area (Å²) in [7, 11) is 0. The van der Waals surface area contributed by atoms with Crippen molar-refractivity contribution in [1.29, 1.82) is 0 Å². The van der Waals surface area contributed by atoms with Crippen molar-refractivity contribution in [3.05, 3.63) is 56.8 Å². The molecule has 0 spiro atoms. The van der Waals surface area contributed by atoms with Crippen molar-refractivity contribution in [3.8, 4) is 11.5 Å². The Balaban J connectivity index is 2.36. The summed E-state index contributed by atoms with van der Waals surface area (Å²) in [6, 6.07) is 7.13. The smallest absolute Gasteiger partial charge is 0.147 e. The van der Waals surface area contributed by atoms with Crippen LogP contribution in [-0.4, -0.2) is 0 Å². The lowest BCUT2D eigenvalue weighted by molar-refractivity contribution is 0.476. The van der Waals surface area contributed by atoms with Crippen LogP contribution in [0.25, 0.3) is 0 Å². The quantitative estimate of drug-likeness (QED) is 0.804. The van der Waals surface area contributed by atoms with Gasteiger partial charge < -0.3 is 10.5 Å². The van der Waals surface area contributed by atoms with E-state index < -0.39 is 5.82 Å². The molecule has 0 unspecified atom stereocenters. The molecular weight excluding hydrogens is 312 g/mol. The molecule has 0 aliphatic rings. The average Bonchev–Trinajstić information content (AvgIpc) is 2.35. The predicted octanol–water partition coefficient (Wildman–Crippen LogP) is 5.04. The normalized spacial score (nSPS) is 10.6. The molecule has 0 saturated heterocycles. The molecule has 2 nitrogen and oxygen atoms in total. The molecule has 0 heterocycles. The molecule has 0 aromatic heterocycles. The van der Waals surface area contributed by atoms with E-state index in [0.717, 1.165) is 0 Å². The molecule has 0 fully saturated rings. The van der Waals surface area contributed by atoms with Crippen LogP contribution in [0.2, 0.25) is 15.1 Å². The van der Waals surface area contributed by atoms with Crippen molar-refractivity contribution in [1.82, 2.24) is 0 Å². The molecular formula is C13H9Cl3FNO. The second-order valence-corrected chi connectivity index (χ2v) is 5.02. The van der Waals surface area contributed by atoms with Gasteiger partial charge in [-0.05, 0) is 23.8 Å². The molecule has 0 radical (unpaired) electrons. The zero-order chi connectivity index (χ0) is 14.0. The lowest BCUT2D eigenvalue weighted by Crippen LogP contribution is -1.97. The van der Waals surface area contributed by atoms with Gasteiger partial charge in [0.05, 0.1) is 15.1 Å². The summed E-state index contributed by atoms with van der Waals surface area (Å²) in [6.45, 7) is 0.212. The summed E-state index contributed by atoms with van der Waals surface area (Å²) in [5, 5.41) is 0.908. The van der Waals surface area contributed by atoms with Gasteiger partial charge in [0.2, 0.25) is 0 Å². The van der Waals surface area contributed by atoms with Crippen molar-refractivity contribution in [2.75, 3.05) is 0 Å². The minimum atomic E-state index is -0.436. The minimum Gasteiger partial charge on any atom is -0.456 e. The van der Waals surface area contributed by atoms with Gasteiger partial charge in [-0.1, -0.05) is 34.8 Å². The summed E-state index contributed by atoms with van der Waals surface area (Å²) in [6.07, 6.45) is 0.